The van der Waals surface area contributed by atoms with E-state index in [-0.39, 0.29) is 5.91 Å². The maximum absolute atomic E-state index is 13.3. The molecule has 0 unspecified atom stereocenters. The Kier molecular flexibility index (Phi) is 6.55. The highest BCUT2D eigenvalue weighted by atomic mass is 35.5. The van der Waals surface area contributed by atoms with Gasteiger partial charge in [-0.1, -0.05) is 17.7 Å². The van der Waals surface area contributed by atoms with Crippen molar-refractivity contribution in [2.24, 2.45) is 0 Å². The van der Waals surface area contributed by atoms with E-state index < -0.39 is 0 Å². The summed E-state index contributed by atoms with van der Waals surface area (Å²) in [5, 5.41) is 0.323. The number of halogens is 1. The quantitative estimate of drug-likeness (QED) is 0.553. The lowest BCUT2D eigenvalue weighted by Crippen LogP contribution is -2.30. The molecule has 0 saturated carbocycles. The van der Waals surface area contributed by atoms with Crippen LogP contribution < -0.4 is 9.47 Å². The van der Waals surface area contributed by atoms with E-state index in [0.29, 0.717) is 47.5 Å². The molecule has 2 heterocycles. The van der Waals surface area contributed by atoms with Crippen molar-refractivity contribution in [2.75, 3.05) is 13.7 Å². The summed E-state index contributed by atoms with van der Waals surface area (Å²) in [6.45, 7) is 2.98. The molecule has 146 valence electrons. The van der Waals surface area contributed by atoms with Gasteiger partial charge in [-0.25, -0.2) is 0 Å². The summed E-state index contributed by atoms with van der Waals surface area (Å²) >= 11 is 6.34. The fourth-order valence-electron chi connectivity index (χ4n) is 2.81. The molecule has 0 aliphatic heterocycles. The number of rotatable bonds is 8. The van der Waals surface area contributed by atoms with E-state index in [1.165, 1.54) is 7.11 Å². The predicted octanol–water partition coefficient (Wildman–Crippen LogP) is 4.58. The molecule has 0 aliphatic rings. The van der Waals surface area contributed by atoms with E-state index in [4.69, 9.17) is 25.5 Å². The number of methoxy groups -OCH3 is 1. The van der Waals surface area contributed by atoms with Crippen molar-refractivity contribution in [3.63, 3.8) is 0 Å². The van der Waals surface area contributed by atoms with Crippen LogP contribution in [-0.4, -0.2) is 29.5 Å². The SMILES string of the molecule is CCOc1c(Cl)cc(C(=O)N(Cc2cccnc2)Cc2ccco2)cc1OC. The van der Waals surface area contributed by atoms with Crippen molar-refractivity contribution in [3.05, 3.63) is 77.0 Å². The van der Waals surface area contributed by atoms with Gasteiger partial charge in [0.25, 0.3) is 5.91 Å². The molecule has 2 aromatic heterocycles. The van der Waals surface area contributed by atoms with Gasteiger partial charge in [0.15, 0.2) is 11.5 Å². The molecule has 28 heavy (non-hydrogen) atoms. The summed E-state index contributed by atoms with van der Waals surface area (Å²) in [4.78, 5) is 19.1. The summed E-state index contributed by atoms with van der Waals surface area (Å²) in [6, 6.07) is 10.6. The Morgan fingerprint density at radius 2 is 2.11 bits per heavy atom. The first-order chi connectivity index (χ1) is 13.6. The number of hydrogen-bond acceptors (Lipinski definition) is 5. The van der Waals surface area contributed by atoms with E-state index >= 15 is 0 Å². The van der Waals surface area contributed by atoms with Crippen LogP contribution in [0.15, 0.2) is 59.5 Å². The number of carbonyl (C=O) groups excluding carboxylic acids is 1. The molecule has 0 N–H and O–H groups in total. The molecule has 0 radical (unpaired) electrons. The van der Waals surface area contributed by atoms with Crippen molar-refractivity contribution in [2.45, 2.75) is 20.0 Å². The topological polar surface area (TPSA) is 64.8 Å². The zero-order chi connectivity index (χ0) is 19.9. The molecule has 0 fully saturated rings. The number of amides is 1. The fourth-order valence-corrected chi connectivity index (χ4v) is 3.08. The molecule has 1 amide bonds. The van der Waals surface area contributed by atoms with Gasteiger partial charge in [-0.3, -0.25) is 9.78 Å². The number of carbonyl (C=O) groups is 1. The van der Waals surface area contributed by atoms with Crippen LogP contribution >= 0.6 is 11.6 Å². The Hall–Kier alpha value is -2.99. The first kappa shape index (κ1) is 19.8. The van der Waals surface area contributed by atoms with Gasteiger partial charge in [-0.15, -0.1) is 0 Å². The number of pyridine rings is 1. The third-order valence-electron chi connectivity index (χ3n) is 4.08. The molecule has 7 heteroatoms. The van der Waals surface area contributed by atoms with Crippen LogP contribution in [0, 0.1) is 0 Å². The zero-order valence-corrected chi connectivity index (χ0v) is 16.5. The van der Waals surface area contributed by atoms with Gasteiger partial charge >= 0.3 is 0 Å². The van der Waals surface area contributed by atoms with E-state index in [1.807, 2.05) is 25.1 Å². The van der Waals surface area contributed by atoms with Crippen molar-refractivity contribution < 1.29 is 18.7 Å². The molecule has 0 bridgehead atoms. The van der Waals surface area contributed by atoms with Gasteiger partial charge < -0.3 is 18.8 Å². The summed E-state index contributed by atoms with van der Waals surface area (Å²) < 4.78 is 16.3. The minimum absolute atomic E-state index is 0.205. The summed E-state index contributed by atoms with van der Waals surface area (Å²) in [5.41, 5.74) is 1.31. The molecule has 6 nitrogen and oxygen atoms in total. The summed E-state index contributed by atoms with van der Waals surface area (Å²) in [7, 11) is 1.51. The van der Waals surface area contributed by atoms with Gasteiger partial charge in [0.2, 0.25) is 0 Å². The van der Waals surface area contributed by atoms with Gasteiger partial charge in [-0.2, -0.15) is 0 Å². The molecule has 1 aromatic carbocycles. The Balaban J connectivity index is 1.92. The van der Waals surface area contributed by atoms with Crippen LogP contribution in [-0.2, 0) is 13.1 Å². The number of nitrogens with zero attached hydrogens (tertiary/aromatic N) is 2. The third kappa shape index (κ3) is 4.64. The molecule has 3 aromatic rings. The van der Waals surface area contributed by atoms with Crippen LogP contribution in [0.1, 0.15) is 28.6 Å². The highest BCUT2D eigenvalue weighted by Gasteiger charge is 2.22. The maximum atomic E-state index is 13.3. The lowest BCUT2D eigenvalue weighted by Gasteiger charge is -2.23. The minimum atomic E-state index is -0.205. The average molecular weight is 401 g/mol. The average Bonchev–Trinajstić information content (AvgIpc) is 3.22. The minimum Gasteiger partial charge on any atom is -0.493 e. The molecule has 0 aliphatic carbocycles. The van der Waals surface area contributed by atoms with Gasteiger partial charge in [0.1, 0.15) is 5.76 Å². The largest absolute Gasteiger partial charge is 0.493 e. The number of furan rings is 1. The lowest BCUT2D eigenvalue weighted by molar-refractivity contribution is 0.0717. The Morgan fingerprint density at radius 1 is 1.25 bits per heavy atom. The summed E-state index contributed by atoms with van der Waals surface area (Å²) in [6.07, 6.45) is 5.01. The molecule has 0 saturated heterocycles. The smallest absolute Gasteiger partial charge is 0.254 e. The van der Waals surface area contributed by atoms with Crippen molar-refractivity contribution in [1.29, 1.82) is 0 Å². The lowest BCUT2D eigenvalue weighted by atomic mass is 10.1. The molecule has 0 spiro atoms. The Bertz CT molecular complexity index is 914. The fraction of sp³-hybridized carbons (Fsp3) is 0.238. The van der Waals surface area contributed by atoms with Crippen LogP contribution in [0.25, 0.3) is 0 Å². The normalized spacial score (nSPS) is 10.5. The number of aromatic nitrogens is 1. The molecular weight excluding hydrogens is 380 g/mol. The first-order valence-electron chi connectivity index (χ1n) is 8.83. The standard InChI is InChI=1S/C21H21ClN2O4/c1-3-27-20-18(22)10-16(11-19(20)26-2)21(25)24(14-17-7-5-9-28-17)13-15-6-4-8-23-12-15/h4-12H,3,13-14H2,1-2H3. The number of ether oxygens (including phenoxy) is 2. The Morgan fingerprint density at radius 3 is 2.75 bits per heavy atom. The van der Waals surface area contributed by atoms with E-state index in [9.17, 15) is 4.79 Å². The van der Waals surface area contributed by atoms with Crippen LogP contribution in [0.3, 0.4) is 0 Å². The molecule has 3 rings (SSSR count). The van der Waals surface area contributed by atoms with E-state index in [0.717, 1.165) is 5.56 Å². The third-order valence-corrected chi connectivity index (χ3v) is 4.36. The van der Waals surface area contributed by atoms with Crippen molar-refractivity contribution in [3.8, 4) is 11.5 Å². The van der Waals surface area contributed by atoms with Crippen molar-refractivity contribution in [1.82, 2.24) is 9.88 Å². The summed E-state index contributed by atoms with van der Waals surface area (Å²) in [5.74, 6) is 1.31. The maximum Gasteiger partial charge on any atom is 0.254 e. The highest BCUT2D eigenvalue weighted by molar-refractivity contribution is 6.32. The van der Waals surface area contributed by atoms with E-state index in [2.05, 4.69) is 4.98 Å². The molecular formula is C21H21ClN2O4. The zero-order valence-electron chi connectivity index (χ0n) is 15.7. The number of hydrogen-bond donors (Lipinski definition) is 0. The van der Waals surface area contributed by atoms with Gasteiger partial charge in [0.05, 0.1) is 31.5 Å². The second-order valence-electron chi connectivity index (χ2n) is 6.02. The van der Waals surface area contributed by atoms with Crippen LogP contribution in [0.4, 0.5) is 0 Å². The van der Waals surface area contributed by atoms with Gasteiger partial charge in [-0.05, 0) is 42.8 Å². The van der Waals surface area contributed by atoms with Crippen LogP contribution in [0.5, 0.6) is 11.5 Å². The second kappa shape index (κ2) is 9.28. The Labute approximate surface area is 168 Å². The molecule has 0 atom stereocenters. The number of benzene rings is 1. The predicted molar refractivity (Wildman–Crippen MR) is 106 cm³/mol. The van der Waals surface area contributed by atoms with Crippen LogP contribution in [0.2, 0.25) is 5.02 Å². The van der Waals surface area contributed by atoms with E-state index in [1.54, 1.807) is 41.8 Å². The van der Waals surface area contributed by atoms with Gasteiger partial charge in [0, 0.05) is 24.5 Å². The monoisotopic (exact) mass is 400 g/mol. The second-order valence-corrected chi connectivity index (χ2v) is 6.43. The first-order valence-corrected chi connectivity index (χ1v) is 9.21. The van der Waals surface area contributed by atoms with Crippen molar-refractivity contribution >= 4 is 17.5 Å². The highest BCUT2D eigenvalue weighted by Crippen LogP contribution is 2.37.